The van der Waals surface area contributed by atoms with Gasteiger partial charge in [0.05, 0.1) is 0 Å². The Hall–Kier alpha value is -5.54. The van der Waals surface area contributed by atoms with Crippen molar-refractivity contribution in [2.45, 2.75) is 12.8 Å². The Morgan fingerprint density at radius 2 is 0.800 bits per heavy atom. The standard InChI is InChI=1S/C48H30S2/c1-2-10-29(11-3-1)30-18-20-31(21-19-30)47-36-13-4-6-15-38(36)48(39-16-7-5-14-37(39)47)32-22-23-44-41(24-32)42-26-34-27-45-40(25-33(34)28-46(42)50-44)35-12-8-9-17-43(35)49-45/h1-4,6,8-28H,5,7H2. The Morgan fingerprint density at radius 3 is 1.48 bits per heavy atom. The Morgan fingerprint density at radius 1 is 0.320 bits per heavy atom. The monoisotopic (exact) mass is 670 g/mol. The number of rotatable bonds is 3. The summed E-state index contributed by atoms with van der Waals surface area (Å²) in [6, 6.07) is 54.5. The molecule has 0 saturated heterocycles. The van der Waals surface area contributed by atoms with Crippen LogP contribution in [0.1, 0.15) is 12.8 Å². The van der Waals surface area contributed by atoms with Crippen molar-refractivity contribution in [3.05, 3.63) is 156 Å². The Kier molecular flexibility index (Phi) is 6.22. The molecule has 234 valence electrons. The van der Waals surface area contributed by atoms with Crippen LogP contribution in [0.2, 0.25) is 0 Å². The second kappa shape index (κ2) is 11.0. The first-order valence-corrected chi connectivity index (χ1v) is 19.0. The molecule has 0 atom stereocenters. The average Bonchev–Trinajstić information content (AvgIpc) is 3.72. The molecule has 11 rings (SSSR count). The minimum absolute atomic E-state index is 1.06. The number of hydrogen-bond donors (Lipinski definition) is 0. The first-order chi connectivity index (χ1) is 24.8. The fourth-order valence-electron chi connectivity index (χ4n) is 8.34. The van der Waals surface area contributed by atoms with E-state index in [1.54, 1.807) is 0 Å². The maximum atomic E-state index is 2.48. The minimum atomic E-state index is 1.06. The van der Waals surface area contributed by atoms with Gasteiger partial charge >= 0.3 is 0 Å². The molecular weight excluding hydrogens is 641 g/mol. The second-order valence-corrected chi connectivity index (χ2v) is 15.7. The van der Waals surface area contributed by atoms with Crippen LogP contribution in [0.15, 0.2) is 146 Å². The molecule has 2 heteroatoms. The fourth-order valence-corrected chi connectivity index (χ4v) is 10.6. The van der Waals surface area contributed by atoms with E-state index in [1.165, 1.54) is 106 Å². The molecule has 0 aliphatic heterocycles. The summed E-state index contributed by atoms with van der Waals surface area (Å²) in [5.41, 5.74) is 7.76. The van der Waals surface area contributed by atoms with Gasteiger partial charge in [-0.1, -0.05) is 115 Å². The zero-order chi connectivity index (χ0) is 32.8. The highest BCUT2D eigenvalue weighted by molar-refractivity contribution is 7.26. The molecule has 1 aliphatic carbocycles. The molecule has 0 radical (unpaired) electrons. The van der Waals surface area contributed by atoms with Gasteiger partial charge in [-0.15, -0.1) is 22.7 Å². The normalized spacial score (nSPS) is 13.0. The van der Waals surface area contributed by atoms with E-state index in [0.717, 1.165) is 12.8 Å². The van der Waals surface area contributed by atoms with Crippen LogP contribution < -0.4 is 10.4 Å². The zero-order valence-electron chi connectivity index (χ0n) is 27.2. The van der Waals surface area contributed by atoms with Crippen molar-refractivity contribution < 1.29 is 0 Å². The highest BCUT2D eigenvalue weighted by Gasteiger charge is 2.18. The summed E-state index contributed by atoms with van der Waals surface area (Å²) in [5.74, 6) is 0. The highest BCUT2D eigenvalue weighted by atomic mass is 32.1. The summed E-state index contributed by atoms with van der Waals surface area (Å²) in [5, 5.41) is 13.4. The van der Waals surface area contributed by atoms with Gasteiger partial charge in [0, 0.05) is 40.3 Å². The lowest BCUT2D eigenvalue weighted by molar-refractivity contribution is 1.12. The van der Waals surface area contributed by atoms with E-state index in [2.05, 4.69) is 158 Å². The van der Waals surface area contributed by atoms with Gasteiger partial charge in [0.1, 0.15) is 0 Å². The van der Waals surface area contributed by atoms with Gasteiger partial charge in [-0.3, -0.25) is 0 Å². The number of hydrogen-bond acceptors (Lipinski definition) is 2. The van der Waals surface area contributed by atoms with Crippen LogP contribution >= 0.6 is 22.7 Å². The van der Waals surface area contributed by atoms with Gasteiger partial charge in [-0.05, 0) is 121 Å². The first kappa shape index (κ1) is 28.3. The molecule has 0 fully saturated rings. The van der Waals surface area contributed by atoms with Crippen LogP contribution in [-0.4, -0.2) is 0 Å². The maximum Gasteiger partial charge on any atom is 0.0361 e. The third-order valence-corrected chi connectivity index (χ3v) is 12.9. The van der Waals surface area contributed by atoms with E-state index in [4.69, 9.17) is 0 Å². The van der Waals surface area contributed by atoms with Gasteiger partial charge in [-0.2, -0.15) is 0 Å². The van der Waals surface area contributed by atoms with Crippen molar-refractivity contribution in [2.75, 3.05) is 0 Å². The largest absolute Gasteiger partial charge is 0.135 e. The molecule has 0 nitrogen and oxygen atoms in total. The van der Waals surface area contributed by atoms with Gasteiger partial charge in [0.15, 0.2) is 0 Å². The number of thiophene rings is 2. The smallest absolute Gasteiger partial charge is 0.0361 e. The van der Waals surface area contributed by atoms with Crippen LogP contribution in [0.5, 0.6) is 0 Å². The lowest BCUT2D eigenvalue weighted by Gasteiger charge is -2.18. The van der Waals surface area contributed by atoms with E-state index in [-0.39, 0.29) is 0 Å². The SMILES string of the molecule is C1=c2c(-c3ccc(-c4ccccc4)cc3)c3ccccc3c(-c3ccc4sc5cc6cc7c(cc6cc5c4c3)sc3ccccc37)c2=CCC1. The van der Waals surface area contributed by atoms with Crippen molar-refractivity contribution >= 4 is 96.7 Å². The summed E-state index contributed by atoms with van der Waals surface area (Å²) >= 11 is 3.81. The lowest BCUT2D eigenvalue weighted by atomic mass is 9.85. The summed E-state index contributed by atoms with van der Waals surface area (Å²) in [6.07, 6.45) is 7.09. The Labute approximate surface area is 297 Å². The molecule has 0 spiro atoms. The van der Waals surface area contributed by atoms with Gasteiger partial charge < -0.3 is 0 Å². The predicted octanol–water partition coefficient (Wildman–Crippen LogP) is 13.1. The van der Waals surface area contributed by atoms with E-state index >= 15 is 0 Å². The molecule has 10 aromatic rings. The van der Waals surface area contributed by atoms with E-state index < -0.39 is 0 Å². The molecular formula is C48H30S2. The van der Waals surface area contributed by atoms with E-state index in [0.29, 0.717) is 0 Å². The Balaban J connectivity index is 1.12. The molecule has 0 bridgehead atoms. The third-order valence-electron chi connectivity index (χ3n) is 10.7. The lowest BCUT2D eigenvalue weighted by Crippen LogP contribution is -2.31. The average molecular weight is 671 g/mol. The fraction of sp³-hybridized carbons (Fsp3) is 0.0417. The van der Waals surface area contributed by atoms with Crippen LogP contribution in [0.3, 0.4) is 0 Å². The maximum absolute atomic E-state index is 2.48. The van der Waals surface area contributed by atoms with Crippen molar-refractivity contribution in [1.82, 2.24) is 0 Å². The number of benzene rings is 8. The summed E-state index contributed by atoms with van der Waals surface area (Å²) < 4.78 is 5.41. The van der Waals surface area contributed by atoms with Crippen LogP contribution in [0.25, 0.3) is 107 Å². The third kappa shape index (κ3) is 4.29. The quantitative estimate of drug-likeness (QED) is 0.175. The van der Waals surface area contributed by atoms with Gasteiger partial charge in [0.2, 0.25) is 0 Å². The van der Waals surface area contributed by atoms with Crippen molar-refractivity contribution in [3.8, 4) is 33.4 Å². The molecule has 0 unspecified atom stereocenters. The molecule has 50 heavy (non-hydrogen) atoms. The molecule has 0 amide bonds. The Bertz CT molecular complexity index is 3120. The second-order valence-electron chi connectivity index (χ2n) is 13.5. The predicted molar refractivity (Wildman–Crippen MR) is 221 cm³/mol. The summed E-state index contributed by atoms with van der Waals surface area (Å²) in [4.78, 5) is 0. The highest BCUT2D eigenvalue weighted by Crippen LogP contribution is 2.42. The molecule has 2 heterocycles. The van der Waals surface area contributed by atoms with Crippen LogP contribution in [0.4, 0.5) is 0 Å². The number of fused-ring (bicyclic) bond motifs is 9. The van der Waals surface area contributed by atoms with Crippen LogP contribution in [0, 0.1) is 0 Å². The van der Waals surface area contributed by atoms with Gasteiger partial charge in [-0.25, -0.2) is 0 Å². The topological polar surface area (TPSA) is 0 Å². The molecule has 8 aromatic carbocycles. The minimum Gasteiger partial charge on any atom is -0.135 e. The summed E-state index contributed by atoms with van der Waals surface area (Å²) in [7, 11) is 0. The van der Waals surface area contributed by atoms with E-state index in [1.807, 2.05) is 22.7 Å². The van der Waals surface area contributed by atoms with E-state index in [9.17, 15) is 0 Å². The zero-order valence-corrected chi connectivity index (χ0v) is 28.9. The van der Waals surface area contributed by atoms with Crippen molar-refractivity contribution in [2.24, 2.45) is 0 Å². The molecule has 1 aliphatic rings. The molecule has 0 saturated carbocycles. The van der Waals surface area contributed by atoms with Crippen molar-refractivity contribution in [3.63, 3.8) is 0 Å². The molecule has 0 N–H and O–H groups in total. The summed E-state index contributed by atoms with van der Waals surface area (Å²) in [6.45, 7) is 0. The molecule has 2 aromatic heterocycles. The van der Waals surface area contributed by atoms with Gasteiger partial charge in [0.25, 0.3) is 0 Å². The first-order valence-electron chi connectivity index (χ1n) is 17.4. The van der Waals surface area contributed by atoms with Crippen LogP contribution in [-0.2, 0) is 0 Å². The van der Waals surface area contributed by atoms with Crippen molar-refractivity contribution in [1.29, 1.82) is 0 Å².